The van der Waals surface area contributed by atoms with Crippen molar-refractivity contribution < 1.29 is 72.1 Å². The van der Waals surface area contributed by atoms with Crippen LogP contribution in [0.5, 0.6) is 0 Å². The molecular formula is C51H83N3O15. The van der Waals surface area contributed by atoms with Crippen molar-refractivity contribution in [3.63, 3.8) is 0 Å². The van der Waals surface area contributed by atoms with Crippen LogP contribution in [0.15, 0.2) is 30.3 Å². The summed E-state index contributed by atoms with van der Waals surface area (Å²) in [6.45, 7) is 14.0. The smallest absolute Gasteiger partial charge is 0.315 e. The summed E-state index contributed by atoms with van der Waals surface area (Å²) >= 11 is 0. The Bertz CT molecular complexity index is 1740. The minimum absolute atomic E-state index is 0.0185. The molecule has 3 aliphatic heterocycles. The highest BCUT2D eigenvalue weighted by Gasteiger charge is 2.55. The number of esters is 3. The van der Waals surface area contributed by atoms with Gasteiger partial charge in [-0.15, -0.1) is 0 Å². The molecule has 0 saturated carbocycles. The van der Waals surface area contributed by atoms with E-state index in [9.17, 15) is 34.2 Å². The molecule has 3 heterocycles. The van der Waals surface area contributed by atoms with E-state index in [2.05, 4.69) is 22.3 Å². The van der Waals surface area contributed by atoms with Crippen LogP contribution < -0.4 is 5.32 Å². The second-order valence-electron chi connectivity index (χ2n) is 19.5. The molecule has 392 valence electrons. The fourth-order valence-electron chi connectivity index (χ4n) is 10.3. The average Bonchev–Trinajstić information content (AvgIpc) is 3.28. The van der Waals surface area contributed by atoms with Crippen LogP contribution in [0.1, 0.15) is 112 Å². The minimum atomic E-state index is -1.41. The van der Waals surface area contributed by atoms with Gasteiger partial charge in [-0.3, -0.25) is 19.2 Å². The molecule has 3 N–H and O–H groups in total. The zero-order valence-corrected chi connectivity index (χ0v) is 42.7. The van der Waals surface area contributed by atoms with Crippen molar-refractivity contribution in [2.24, 2.45) is 17.8 Å². The molecule has 15 atom stereocenters. The molecule has 3 fully saturated rings. The highest BCUT2D eigenvalue weighted by Crippen LogP contribution is 2.41. The third-order valence-electron chi connectivity index (χ3n) is 13.8. The molecule has 0 radical (unpaired) electrons. The van der Waals surface area contributed by atoms with Crippen LogP contribution in [0, 0.1) is 17.8 Å². The number of likely N-dealkylation sites (N-methyl/N-ethyl adjacent to an activating group) is 1. The number of rotatable bonds is 18. The summed E-state index contributed by atoms with van der Waals surface area (Å²) in [6, 6.07) is 9.53. The summed E-state index contributed by atoms with van der Waals surface area (Å²) in [7, 11) is 4.93. The molecule has 0 unspecified atom stereocenters. The Balaban J connectivity index is 1.65. The number of ether oxygens (including phenoxy) is 8. The van der Waals surface area contributed by atoms with Gasteiger partial charge in [0.25, 0.3) is 0 Å². The van der Waals surface area contributed by atoms with Gasteiger partial charge in [0.1, 0.15) is 42.2 Å². The number of carbonyl (C=O) groups excluding carboxylic acids is 5. The quantitative estimate of drug-likeness (QED) is 0.0820. The van der Waals surface area contributed by atoms with Gasteiger partial charge in [0.2, 0.25) is 5.91 Å². The lowest BCUT2D eigenvalue weighted by Gasteiger charge is -2.50. The number of amides is 1. The first-order valence-electron chi connectivity index (χ1n) is 25.1. The Morgan fingerprint density at radius 1 is 0.986 bits per heavy atom. The Kier molecular flexibility index (Phi) is 23.9. The number of β-amino-alcohol motifs (C(OH)–C–C–N with tert-alkyl or cyclic N) is 1. The van der Waals surface area contributed by atoms with Gasteiger partial charge in [-0.25, -0.2) is 0 Å². The summed E-state index contributed by atoms with van der Waals surface area (Å²) in [5.74, 6) is -4.09. The molecule has 1 aromatic rings. The maximum absolute atomic E-state index is 13.6. The van der Waals surface area contributed by atoms with Gasteiger partial charge in [0, 0.05) is 46.4 Å². The van der Waals surface area contributed by atoms with Gasteiger partial charge < -0.3 is 68.0 Å². The number of aliphatic hydroxyl groups excluding tert-OH is 2. The molecule has 1 aromatic carbocycles. The zero-order chi connectivity index (χ0) is 50.8. The van der Waals surface area contributed by atoms with Crippen LogP contribution in [-0.2, 0) is 68.3 Å². The van der Waals surface area contributed by atoms with Gasteiger partial charge in [-0.1, -0.05) is 44.2 Å². The molecule has 0 aliphatic carbocycles. The van der Waals surface area contributed by atoms with Crippen molar-refractivity contribution in [2.75, 3.05) is 54.0 Å². The summed E-state index contributed by atoms with van der Waals surface area (Å²) in [5, 5.41) is 27.2. The average molecular weight is 978 g/mol. The van der Waals surface area contributed by atoms with E-state index in [0.29, 0.717) is 19.5 Å². The maximum atomic E-state index is 13.6. The topological polar surface area (TPSA) is 218 Å². The second-order valence-corrected chi connectivity index (χ2v) is 19.5. The van der Waals surface area contributed by atoms with E-state index < -0.39 is 103 Å². The second kappa shape index (κ2) is 28.4. The van der Waals surface area contributed by atoms with Crippen molar-refractivity contribution in [1.29, 1.82) is 0 Å². The summed E-state index contributed by atoms with van der Waals surface area (Å²) in [4.78, 5) is 68.9. The van der Waals surface area contributed by atoms with E-state index in [1.54, 1.807) is 53.6 Å². The molecule has 69 heavy (non-hydrogen) atoms. The van der Waals surface area contributed by atoms with Gasteiger partial charge in [0.15, 0.2) is 12.6 Å². The molecule has 0 bridgehead atoms. The first-order chi connectivity index (χ1) is 32.9. The number of unbranched alkanes of at least 4 members (excludes halogenated alkanes) is 1. The Hall–Kier alpha value is -3.59. The van der Waals surface area contributed by atoms with Crippen molar-refractivity contribution in [2.45, 2.75) is 186 Å². The fourth-order valence-corrected chi connectivity index (χ4v) is 10.3. The fraction of sp³-hybridized carbons (Fsp3) is 0.784. The highest BCUT2D eigenvalue weighted by atomic mass is 16.7. The Labute approximate surface area is 409 Å². The van der Waals surface area contributed by atoms with Gasteiger partial charge in [-0.2, -0.15) is 0 Å². The summed E-state index contributed by atoms with van der Waals surface area (Å²) in [5.41, 5.74) is -0.0787. The first-order valence-corrected chi connectivity index (χ1v) is 25.1. The van der Waals surface area contributed by atoms with Crippen LogP contribution in [0.25, 0.3) is 0 Å². The molecule has 18 nitrogen and oxygen atoms in total. The zero-order valence-electron chi connectivity index (χ0n) is 42.7. The molecule has 4 rings (SSSR count). The highest BCUT2D eigenvalue weighted by molar-refractivity contribution is 5.77. The van der Waals surface area contributed by atoms with E-state index in [1.165, 1.54) is 19.6 Å². The van der Waals surface area contributed by atoms with Crippen molar-refractivity contribution in [3.8, 4) is 0 Å². The molecule has 3 aliphatic rings. The van der Waals surface area contributed by atoms with Crippen molar-refractivity contribution in [1.82, 2.24) is 15.1 Å². The number of aryl methyl sites for hydroxylation is 1. The normalized spacial score (nSPS) is 34.6. The Morgan fingerprint density at radius 2 is 1.71 bits per heavy atom. The predicted molar refractivity (Wildman–Crippen MR) is 254 cm³/mol. The summed E-state index contributed by atoms with van der Waals surface area (Å²) < 4.78 is 49.4. The first kappa shape index (κ1) is 58.0. The largest absolute Gasteiger partial charge is 0.466 e. The van der Waals surface area contributed by atoms with E-state index in [-0.39, 0.29) is 50.5 Å². The van der Waals surface area contributed by atoms with Gasteiger partial charge >= 0.3 is 17.9 Å². The molecule has 18 heteroatoms. The number of benzene rings is 1. The van der Waals surface area contributed by atoms with Gasteiger partial charge in [0.05, 0.1) is 43.5 Å². The van der Waals surface area contributed by atoms with Gasteiger partial charge in [-0.05, 0) is 111 Å². The van der Waals surface area contributed by atoms with E-state index in [4.69, 9.17) is 37.9 Å². The lowest BCUT2D eigenvalue weighted by atomic mass is 9.79. The molecule has 0 spiro atoms. The number of aldehydes is 1. The van der Waals surface area contributed by atoms with E-state index in [0.717, 1.165) is 45.1 Å². The number of carbonyl (C=O) groups is 5. The standard InChI is InChI=1S/C51H83N3O15/c1-11-41(59)66-39-29-40(58)52-24-17-19-26-54(25-18-16-22-36-20-14-13-15-21-36)31-38(57)32(3)28-37(23-27-55)47(48(39)62-10)68-50-45(60)44(53(8)9)46(34(5)65-50)67-42-30-51(7,69-35(6)56)43(33(4)64-42)49(61)63-12-2/h13-15,20-21,27,32-34,37-39,42-48,50,57,60H,11-12,16-19,22-26,28-31H2,1-10H3,(H,52,58)/t32-,33+,34-,37+,38+,39-,42+,43-,44-,45-,46-,47+,48+,50+,51-/m1/s1. The molecular weight excluding hydrogens is 895 g/mol. The third kappa shape index (κ3) is 17.0. The van der Waals surface area contributed by atoms with Crippen molar-refractivity contribution >= 4 is 30.1 Å². The van der Waals surface area contributed by atoms with Crippen LogP contribution in [0.3, 0.4) is 0 Å². The van der Waals surface area contributed by atoms with Crippen molar-refractivity contribution in [3.05, 3.63) is 35.9 Å². The van der Waals surface area contributed by atoms with Crippen LogP contribution in [0.2, 0.25) is 0 Å². The lowest BCUT2D eigenvalue weighted by molar-refractivity contribution is -0.341. The Morgan fingerprint density at radius 3 is 2.35 bits per heavy atom. The van der Waals surface area contributed by atoms with Crippen LogP contribution in [-0.4, -0.2) is 177 Å². The third-order valence-corrected chi connectivity index (χ3v) is 13.8. The number of hydrogen-bond donors (Lipinski definition) is 3. The monoisotopic (exact) mass is 978 g/mol. The number of hydrogen-bond acceptors (Lipinski definition) is 17. The van der Waals surface area contributed by atoms with E-state index in [1.807, 2.05) is 25.1 Å². The number of methoxy groups -OCH3 is 1. The molecule has 3 saturated heterocycles. The maximum Gasteiger partial charge on any atom is 0.315 e. The summed E-state index contributed by atoms with van der Waals surface area (Å²) in [6.07, 6.45) is -5.44. The lowest BCUT2D eigenvalue weighted by Crippen LogP contribution is -2.66. The minimum Gasteiger partial charge on any atom is -0.466 e. The number of aliphatic hydroxyl groups is 2. The number of nitrogens with zero attached hydrogens (tertiary/aromatic N) is 2. The molecule has 0 aromatic heterocycles. The van der Waals surface area contributed by atoms with E-state index >= 15 is 0 Å². The van der Waals surface area contributed by atoms with Crippen LogP contribution in [0.4, 0.5) is 0 Å². The number of nitrogens with one attached hydrogen (secondary N) is 1. The SMILES string of the molecule is CCOC(=O)[C@H]1[C@H](C)O[C@@H](O[C@H]2[C@H](N(C)C)[C@@H](O)[C@H](O[C@H]3[C@@H](CC=O)C[C@@H](C)[C@@H](O)CN(CCCCc4ccccc4)CCCCNC(=O)C[C@@H](OC(=O)CC)[C@@H]3OC)O[C@@H]2C)C[C@@]1(C)OC(C)=O. The predicted octanol–water partition coefficient (Wildman–Crippen LogP) is 3.98. The molecule has 1 amide bonds. The van der Waals surface area contributed by atoms with Crippen LogP contribution >= 0.6 is 0 Å².